The zero-order valence-corrected chi connectivity index (χ0v) is 12.3. The van der Waals surface area contributed by atoms with Gasteiger partial charge in [-0.15, -0.1) is 0 Å². The summed E-state index contributed by atoms with van der Waals surface area (Å²) in [7, 11) is 0. The summed E-state index contributed by atoms with van der Waals surface area (Å²) in [5, 5.41) is 5.55. The van der Waals surface area contributed by atoms with Crippen LogP contribution in [0.5, 0.6) is 0 Å². The van der Waals surface area contributed by atoms with Gasteiger partial charge in [0.15, 0.2) is 0 Å². The Kier molecular flexibility index (Phi) is 5.16. The molecule has 1 saturated heterocycles. The number of nitrogens with one attached hydrogen (secondary N) is 2. The molecule has 0 bridgehead atoms. The monoisotopic (exact) mass is 290 g/mol. The molecule has 2 rings (SSSR count). The minimum Gasteiger partial charge on any atom is -0.336 e. The predicted octanol–water partition coefficient (Wildman–Crippen LogP) is 1.67. The summed E-state index contributed by atoms with van der Waals surface area (Å²) in [6.45, 7) is 3.38. The maximum atomic E-state index is 11.9. The molecule has 0 spiro atoms. The summed E-state index contributed by atoms with van der Waals surface area (Å²) in [6.07, 6.45) is 2.65. The Morgan fingerprint density at radius 1 is 1.43 bits per heavy atom. The Hall–Kier alpha value is -2.08. The van der Waals surface area contributed by atoms with Crippen molar-refractivity contribution in [1.29, 1.82) is 0 Å². The van der Waals surface area contributed by atoms with E-state index in [1.165, 1.54) is 0 Å². The summed E-state index contributed by atoms with van der Waals surface area (Å²) in [5.74, 6) is -0.171. The Morgan fingerprint density at radius 3 is 2.71 bits per heavy atom. The molecular weight excluding hydrogens is 268 g/mol. The van der Waals surface area contributed by atoms with E-state index in [9.17, 15) is 9.59 Å². The highest BCUT2D eigenvalue weighted by Crippen LogP contribution is 2.19. The SMILES string of the molecule is CCCC[C@H](N)C(=O)Nc1ccc(N2CCNC2=O)cc1. The fourth-order valence-electron chi connectivity index (χ4n) is 2.23. The van der Waals surface area contributed by atoms with Gasteiger partial charge in [0.05, 0.1) is 6.04 Å². The van der Waals surface area contributed by atoms with Crippen molar-refractivity contribution in [2.75, 3.05) is 23.3 Å². The molecule has 6 nitrogen and oxygen atoms in total. The van der Waals surface area contributed by atoms with Gasteiger partial charge in [-0.2, -0.15) is 0 Å². The van der Waals surface area contributed by atoms with E-state index in [1.54, 1.807) is 17.0 Å². The second kappa shape index (κ2) is 7.08. The molecule has 1 aliphatic rings. The lowest BCUT2D eigenvalue weighted by molar-refractivity contribution is -0.117. The van der Waals surface area contributed by atoms with E-state index in [0.717, 1.165) is 18.5 Å². The van der Waals surface area contributed by atoms with Gasteiger partial charge < -0.3 is 16.4 Å². The van der Waals surface area contributed by atoms with E-state index < -0.39 is 6.04 Å². The van der Waals surface area contributed by atoms with E-state index in [0.29, 0.717) is 25.2 Å². The van der Waals surface area contributed by atoms with Gasteiger partial charge in [0.1, 0.15) is 0 Å². The van der Waals surface area contributed by atoms with Gasteiger partial charge in [0, 0.05) is 24.5 Å². The van der Waals surface area contributed by atoms with Crippen LogP contribution in [0.2, 0.25) is 0 Å². The molecule has 0 unspecified atom stereocenters. The fraction of sp³-hybridized carbons (Fsp3) is 0.467. The van der Waals surface area contributed by atoms with Crippen molar-refractivity contribution in [1.82, 2.24) is 5.32 Å². The van der Waals surface area contributed by atoms with Crippen LogP contribution in [-0.4, -0.2) is 31.1 Å². The van der Waals surface area contributed by atoms with Crippen LogP contribution in [0.25, 0.3) is 0 Å². The molecule has 0 aliphatic carbocycles. The molecule has 3 amide bonds. The van der Waals surface area contributed by atoms with Crippen LogP contribution in [0, 0.1) is 0 Å². The first-order valence-electron chi connectivity index (χ1n) is 7.33. The standard InChI is InChI=1S/C15H22N4O2/c1-2-3-4-13(16)14(20)18-11-5-7-12(8-6-11)19-10-9-17-15(19)21/h5-8,13H,2-4,9-10,16H2,1H3,(H,17,21)(H,18,20)/t13-/m0/s1. The first kappa shape index (κ1) is 15.3. The van der Waals surface area contributed by atoms with E-state index >= 15 is 0 Å². The van der Waals surface area contributed by atoms with E-state index in [1.807, 2.05) is 12.1 Å². The number of carbonyl (C=O) groups is 2. The maximum Gasteiger partial charge on any atom is 0.321 e. The second-order valence-corrected chi connectivity index (χ2v) is 5.17. The number of urea groups is 1. The van der Waals surface area contributed by atoms with Crippen LogP contribution in [0.4, 0.5) is 16.2 Å². The minimum atomic E-state index is -0.478. The smallest absolute Gasteiger partial charge is 0.321 e. The average Bonchev–Trinajstić information content (AvgIpc) is 2.91. The summed E-state index contributed by atoms with van der Waals surface area (Å²) >= 11 is 0. The number of unbranched alkanes of at least 4 members (excludes halogenated alkanes) is 1. The summed E-state index contributed by atoms with van der Waals surface area (Å²) in [5.41, 5.74) is 7.33. The maximum absolute atomic E-state index is 11.9. The molecule has 0 radical (unpaired) electrons. The van der Waals surface area contributed by atoms with Crippen LogP contribution in [0.1, 0.15) is 26.2 Å². The first-order valence-corrected chi connectivity index (χ1v) is 7.33. The predicted molar refractivity (Wildman–Crippen MR) is 83.3 cm³/mol. The minimum absolute atomic E-state index is 0.0895. The van der Waals surface area contributed by atoms with E-state index in [2.05, 4.69) is 17.6 Å². The van der Waals surface area contributed by atoms with E-state index in [-0.39, 0.29) is 11.9 Å². The molecule has 1 heterocycles. The molecular formula is C15H22N4O2. The fourth-order valence-corrected chi connectivity index (χ4v) is 2.23. The molecule has 1 aromatic carbocycles. The number of hydrogen-bond donors (Lipinski definition) is 3. The van der Waals surface area contributed by atoms with Crippen molar-refractivity contribution in [2.24, 2.45) is 5.73 Å². The zero-order valence-electron chi connectivity index (χ0n) is 12.3. The average molecular weight is 290 g/mol. The van der Waals surface area contributed by atoms with Gasteiger partial charge in [-0.3, -0.25) is 9.69 Å². The Labute approximate surface area is 124 Å². The van der Waals surface area contributed by atoms with E-state index in [4.69, 9.17) is 5.73 Å². The highest BCUT2D eigenvalue weighted by Gasteiger charge is 2.21. The number of benzene rings is 1. The Morgan fingerprint density at radius 2 is 2.14 bits per heavy atom. The lowest BCUT2D eigenvalue weighted by Crippen LogP contribution is -2.35. The van der Waals surface area contributed by atoms with Crippen molar-refractivity contribution in [3.8, 4) is 0 Å². The molecule has 0 aromatic heterocycles. The molecule has 21 heavy (non-hydrogen) atoms. The molecule has 1 fully saturated rings. The number of nitrogens with zero attached hydrogens (tertiary/aromatic N) is 1. The van der Waals surface area contributed by atoms with Crippen molar-refractivity contribution in [3.05, 3.63) is 24.3 Å². The molecule has 1 aromatic rings. The summed E-state index contributed by atoms with van der Waals surface area (Å²) in [4.78, 5) is 25.1. The molecule has 0 saturated carbocycles. The largest absolute Gasteiger partial charge is 0.336 e. The van der Waals surface area contributed by atoms with Crippen LogP contribution in [0.3, 0.4) is 0 Å². The highest BCUT2D eigenvalue weighted by molar-refractivity contribution is 5.96. The quantitative estimate of drug-likeness (QED) is 0.744. The number of rotatable bonds is 6. The zero-order chi connectivity index (χ0) is 15.2. The third kappa shape index (κ3) is 3.95. The number of carbonyl (C=O) groups excluding carboxylic acids is 2. The third-order valence-corrected chi connectivity index (χ3v) is 3.51. The van der Waals surface area contributed by atoms with Crippen LogP contribution in [-0.2, 0) is 4.79 Å². The highest BCUT2D eigenvalue weighted by atomic mass is 16.2. The Bertz CT molecular complexity index is 501. The number of hydrogen-bond acceptors (Lipinski definition) is 3. The van der Waals surface area contributed by atoms with Crippen molar-refractivity contribution in [2.45, 2.75) is 32.2 Å². The number of nitrogens with two attached hydrogens (primary N) is 1. The molecule has 4 N–H and O–H groups in total. The summed E-state index contributed by atoms with van der Waals surface area (Å²) in [6, 6.07) is 6.63. The van der Waals surface area contributed by atoms with Gasteiger partial charge in [-0.05, 0) is 30.7 Å². The summed E-state index contributed by atoms with van der Waals surface area (Å²) < 4.78 is 0. The molecule has 1 aliphatic heterocycles. The first-order chi connectivity index (χ1) is 10.1. The normalized spacial score (nSPS) is 15.7. The van der Waals surface area contributed by atoms with Gasteiger partial charge in [-0.25, -0.2) is 4.79 Å². The van der Waals surface area contributed by atoms with Gasteiger partial charge >= 0.3 is 6.03 Å². The topological polar surface area (TPSA) is 87.5 Å². The van der Waals surface area contributed by atoms with Gasteiger partial charge in [-0.1, -0.05) is 19.8 Å². The van der Waals surface area contributed by atoms with Crippen LogP contribution in [0.15, 0.2) is 24.3 Å². The Balaban J connectivity index is 1.93. The lowest BCUT2D eigenvalue weighted by atomic mass is 10.1. The second-order valence-electron chi connectivity index (χ2n) is 5.17. The van der Waals surface area contributed by atoms with Gasteiger partial charge in [0.2, 0.25) is 5.91 Å². The number of amides is 3. The third-order valence-electron chi connectivity index (χ3n) is 3.51. The van der Waals surface area contributed by atoms with Crippen LogP contribution < -0.4 is 21.3 Å². The molecule has 114 valence electrons. The molecule has 6 heteroatoms. The lowest BCUT2D eigenvalue weighted by Gasteiger charge is -2.15. The van der Waals surface area contributed by atoms with Crippen molar-refractivity contribution >= 4 is 23.3 Å². The number of anilines is 2. The van der Waals surface area contributed by atoms with Crippen molar-refractivity contribution in [3.63, 3.8) is 0 Å². The van der Waals surface area contributed by atoms with Gasteiger partial charge in [0.25, 0.3) is 0 Å². The molecule has 1 atom stereocenters. The van der Waals surface area contributed by atoms with Crippen LogP contribution >= 0.6 is 0 Å². The van der Waals surface area contributed by atoms with Crippen molar-refractivity contribution < 1.29 is 9.59 Å².